The van der Waals surface area contributed by atoms with Gasteiger partial charge in [0, 0.05) is 5.75 Å². The molecule has 13 heavy (non-hydrogen) atoms. The Balaban J connectivity index is 0. The number of rotatable bonds is 3. The first kappa shape index (κ1) is 15.3. The van der Waals surface area contributed by atoms with E-state index < -0.39 is 10.1 Å². The summed E-state index contributed by atoms with van der Waals surface area (Å²) in [6.07, 6.45) is 1.23. The fourth-order valence-electron chi connectivity index (χ4n) is 0.321. The molecule has 0 aromatic heterocycles. The minimum Gasteiger partial charge on any atom is -0.748 e. The van der Waals surface area contributed by atoms with Crippen LogP contribution in [0.4, 0.5) is 0 Å². The molecule has 5 heteroatoms. The number of hydrogen-bond acceptors (Lipinski definition) is 3. The monoisotopic (exact) mass is 211 g/mol. The van der Waals surface area contributed by atoms with Gasteiger partial charge in [0.25, 0.3) is 0 Å². The molecule has 0 saturated carbocycles. The minimum absolute atomic E-state index is 0.219. The van der Waals surface area contributed by atoms with Crippen molar-refractivity contribution in [2.45, 2.75) is 19.8 Å². The average Bonchev–Trinajstić information content (AvgIpc) is 1.77. The molecule has 0 aromatic carbocycles. The second-order valence-corrected chi connectivity index (χ2v) is 5.82. The summed E-state index contributed by atoms with van der Waals surface area (Å²) in [5.74, 6) is -0.219. The fourth-order valence-corrected chi connectivity index (χ4v) is 0.963. The van der Waals surface area contributed by atoms with Crippen LogP contribution < -0.4 is 0 Å². The van der Waals surface area contributed by atoms with Crippen molar-refractivity contribution in [1.29, 1.82) is 0 Å². The summed E-state index contributed by atoms with van der Waals surface area (Å²) in [5, 5.41) is 0. The second-order valence-electron chi connectivity index (χ2n) is 4.30. The highest BCUT2D eigenvalue weighted by Gasteiger charge is 1.90. The predicted octanol–water partition coefficient (Wildman–Crippen LogP) is 0.654. The third-order valence-corrected chi connectivity index (χ3v) is 1.54. The first-order valence-electron chi connectivity index (χ1n) is 4.28. The normalized spacial score (nSPS) is 11.8. The van der Waals surface area contributed by atoms with E-state index in [1.54, 1.807) is 0 Å². The standard InChI is InChI=1S/C4H12N.C4H10O3S/c1-5(2,3)4;1-2-3-4-8(5,6)7/h1-4H3;2-4H2,1H3,(H,5,6,7)/q+1;/p-1. The van der Waals surface area contributed by atoms with Crippen molar-refractivity contribution < 1.29 is 17.5 Å². The molecule has 0 fully saturated rings. The molecule has 0 N–H and O–H groups in total. The molecule has 0 aliphatic heterocycles. The van der Waals surface area contributed by atoms with Gasteiger partial charge < -0.3 is 9.04 Å². The maximum atomic E-state index is 9.83. The lowest BCUT2D eigenvalue weighted by molar-refractivity contribution is -0.849. The zero-order chi connectivity index (χ0) is 11.1. The summed E-state index contributed by atoms with van der Waals surface area (Å²) < 4.78 is 30.5. The molecule has 0 amide bonds. The van der Waals surface area contributed by atoms with Crippen LogP contribution in [0.2, 0.25) is 0 Å². The minimum atomic E-state index is -3.94. The van der Waals surface area contributed by atoms with Gasteiger partial charge in [0.15, 0.2) is 0 Å². The van der Waals surface area contributed by atoms with Crippen molar-refractivity contribution in [3.05, 3.63) is 0 Å². The molecule has 0 bridgehead atoms. The Hall–Kier alpha value is -0.130. The smallest absolute Gasteiger partial charge is 0.0945 e. The molecule has 0 radical (unpaired) electrons. The lowest BCUT2D eigenvalue weighted by atomic mass is 10.4. The van der Waals surface area contributed by atoms with Crippen molar-refractivity contribution in [1.82, 2.24) is 0 Å². The van der Waals surface area contributed by atoms with Gasteiger partial charge in [-0.05, 0) is 6.42 Å². The number of unbranched alkanes of at least 4 members (excludes halogenated alkanes) is 1. The fraction of sp³-hybridized carbons (Fsp3) is 1.00. The van der Waals surface area contributed by atoms with E-state index in [1.165, 1.54) is 0 Å². The van der Waals surface area contributed by atoms with Crippen LogP contribution in [0, 0.1) is 0 Å². The van der Waals surface area contributed by atoms with E-state index in [1.807, 2.05) is 6.92 Å². The van der Waals surface area contributed by atoms with Gasteiger partial charge in [-0.3, -0.25) is 0 Å². The molecular weight excluding hydrogens is 190 g/mol. The maximum absolute atomic E-state index is 9.83. The summed E-state index contributed by atoms with van der Waals surface area (Å²) in [6.45, 7) is 1.84. The first-order valence-corrected chi connectivity index (χ1v) is 5.86. The van der Waals surface area contributed by atoms with Crippen LogP contribution >= 0.6 is 0 Å². The van der Waals surface area contributed by atoms with E-state index in [9.17, 15) is 13.0 Å². The van der Waals surface area contributed by atoms with E-state index in [0.29, 0.717) is 6.42 Å². The molecule has 0 heterocycles. The highest BCUT2D eigenvalue weighted by Crippen LogP contribution is 1.90. The highest BCUT2D eigenvalue weighted by atomic mass is 32.2. The van der Waals surface area contributed by atoms with Crippen molar-refractivity contribution in [3.63, 3.8) is 0 Å². The maximum Gasteiger partial charge on any atom is 0.0945 e. The van der Waals surface area contributed by atoms with Gasteiger partial charge in [-0.25, -0.2) is 8.42 Å². The zero-order valence-corrected chi connectivity index (χ0v) is 10.0. The quantitative estimate of drug-likeness (QED) is 0.509. The molecule has 0 unspecified atom stereocenters. The summed E-state index contributed by atoms with van der Waals surface area (Å²) >= 11 is 0. The predicted molar refractivity (Wildman–Crippen MR) is 53.4 cm³/mol. The van der Waals surface area contributed by atoms with Crippen LogP contribution in [-0.2, 0) is 10.1 Å². The number of quaternary nitrogens is 1. The Labute approximate surface area is 81.9 Å². The Morgan fingerprint density at radius 2 is 1.46 bits per heavy atom. The van der Waals surface area contributed by atoms with Crippen molar-refractivity contribution in [2.24, 2.45) is 0 Å². The lowest BCUT2D eigenvalue weighted by Gasteiger charge is -2.14. The number of nitrogens with zero attached hydrogens (tertiary/aromatic N) is 1. The summed E-state index contributed by atoms with van der Waals surface area (Å²) in [5.41, 5.74) is 0. The second kappa shape index (κ2) is 6.34. The van der Waals surface area contributed by atoms with Crippen LogP contribution in [-0.4, -0.2) is 51.4 Å². The third kappa shape index (κ3) is 48.8. The van der Waals surface area contributed by atoms with Crippen molar-refractivity contribution in [2.75, 3.05) is 33.9 Å². The SMILES string of the molecule is CCCCS(=O)(=O)[O-].C[N+](C)(C)C. The average molecular weight is 211 g/mol. The van der Waals surface area contributed by atoms with Gasteiger partial charge in [-0.1, -0.05) is 13.3 Å². The lowest BCUT2D eigenvalue weighted by Crippen LogP contribution is -2.27. The van der Waals surface area contributed by atoms with Gasteiger partial charge >= 0.3 is 0 Å². The topological polar surface area (TPSA) is 57.2 Å². The summed E-state index contributed by atoms with van der Waals surface area (Å²) in [6, 6.07) is 0. The molecule has 0 atom stereocenters. The van der Waals surface area contributed by atoms with Gasteiger partial charge in [0.05, 0.1) is 38.3 Å². The molecule has 4 nitrogen and oxygen atoms in total. The Morgan fingerprint density at radius 1 is 1.15 bits per heavy atom. The van der Waals surface area contributed by atoms with Crippen LogP contribution in [0.5, 0.6) is 0 Å². The van der Waals surface area contributed by atoms with Crippen LogP contribution in [0.25, 0.3) is 0 Å². The van der Waals surface area contributed by atoms with E-state index in [2.05, 4.69) is 28.2 Å². The van der Waals surface area contributed by atoms with E-state index in [0.717, 1.165) is 10.9 Å². The van der Waals surface area contributed by atoms with Crippen molar-refractivity contribution >= 4 is 10.1 Å². The molecule has 0 spiro atoms. The van der Waals surface area contributed by atoms with Crippen molar-refractivity contribution in [3.8, 4) is 0 Å². The van der Waals surface area contributed by atoms with Gasteiger partial charge in [-0.15, -0.1) is 0 Å². The molecule has 0 rings (SSSR count). The summed E-state index contributed by atoms with van der Waals surface area (Å²) in [4.78, 5) is 0. The van der Waals surface area contributed by atoms with Crippen LogP contribution in [0.15, 0.2) is 0 Å². The Bertz CT molecular complexity index is 198. The molecular formula is C8H21NO3S. The molecule has 82 valence electrons. The Kier molecular flexibility index (Phi) is 7.49. The number of hydrogen-bond donors (Lipinski definition) is 0. The van der Waals surface area contributed by atoms with Crippen LogP contribution in [0.3, 0.4) is 0 Å². The Morgan fingerprint density at radius 3 is 1.54 bits per heavy atom. The molecule has 0 aliphatic carbocycles. The van der Waals surface area contributed by atoms with Gasteiger partial charge in [0.2, 0.25) is 0 Å². The van der Waals surface area contributed by atoms with Gasteiger partial charge in [0.1, 0.15) is 0 Å². The molecule has 0 aromatic rings. The summed E-state index contributed by atoms with van der Waals surface area (Å²) in [7, 11) is 4.56. The largest absolute Gasteiger partial charge is 0.748 e. The van der Waals surface area contributed by atoms with E-state index in [-0.39, 0.29) is 5.75 Å². The highest BCUT2D eigenvalue weighted by molar-refractivity contribution is 7.85. The van der Waals surface area contributed by atoms with Crippen LogP contribution in [0.1, 0.15) is 19.8 Å². The molecule has 0 saturated heterocycles. The van der Waals surface area contributed by atoms with E-state index >= 15 is 0 Å². The zero-order valence-electron chi connectivity index (χ0n) is 9.20. The molecule has 0 aliphatic rings. The van der Waals surface area contributed by atoms with Gasteiger partial charge in [-0.2, -0.15) is 0 Å². The van der Waals surface area contributed by atoms with E-state index in [4.69, 9.17) is 0 Å². The first-order chi connectivity index (χ1) is 5.56. The third-order valence-electron chi connectivity index (χ3n) is 0.748.